The van der Waals surface area contributed by atoms with Crippen molar-refractivity contribution in [3.05, 3.63) is 113 Å². The van der Waals surface area contributed by atoms with E-state index in [4.69, 9.17) is 9.47 Å². The van der Waals surface area contributed by atoms with E-state index in [1.165, 1.54) is 18.2 Å². The van der Waals surface area contributed by atoms with Crippen molar-refractivity contribution in [2.45, 2.75) is 45.0 Å². The van der Waals surface area contributed by atoms with E-state index in [2.05, 4.69) is 11.7 Å². The molecule has 238 valence electrons. The van der Waals surface area contributed by atoms with Crippen LogP contribution in [0.3, 0.4) is 0 Å². The second-order valence-corrected chi connectivity index (χ2v) is 10.8. The van der Waals surface area contributed by atoms with Gasteiger partial charge in [0.1, 0.15) is 34.6 Å². The van der Waals surface area contributed by atoms with Gasteiger partial charge in [-0.15, -0.1) is 0 Å². The van der Waals surface area contributed by atoms with E-state index in [1.807, 2.05) is 0 Å². The Hall–Kier alpha value is -3.96. The summed E-state index contributed by atoms with van der Waals surface area (Å²) in [6, 6.07) is 10.1. The van der Waals surface area contributed by atoms with Gasteiger partial charge in [-0.3, -0.25) is 0 Å². The third-order valence-electron chi connectivity index (χ3n) is 7.51. The van der Waals surface area contributed by atoms with Gasteiger partial charge in [0, 0.05) is 28.7 Å². The highest BCUT2D eigenvalue weighted by molar-refractivity contribution is 5.71. The molecule has 1 aliphatic rings. The molecule has 45 heavy (non-hydrogen) atoms. The number of rotatable bonds is 10. The molecular formula is C34H28F8O3. The van der Waals surface area contributed by atoms with Crippen molar-refractivity contribution in [3.63, 3.8) is 0 Å². The van der Waals surface area contributed by atoms with Gasteiger partial charge in [-0.2, -0.15) is 8.78 Å². The van der Waals surface area contributed by atoms with Crippen molar-refractivity contribution in [2.75, 3.05) is 13.2 Å². The maximum Gasteiger partial charge on any atom is 0.432 e. The third-order valence-corrected chi connectivity index (χ3v) is 7.51. The first kappa shape index (κ1) is 32.4. The van der Waals surface area contributed by atoms with Gasteiger partial charge in [-0.1, -0.05) is 44.4 Å². The summed E-state index contributed by atoms with van der Waals surface area (Å²) in [5, 5.41) is 0. The fourth-order valence-corrected chi connectivity index (χ4v) is 5.17. The van der Waals surface area contributed by atoms with Crippen LogP contribution in [0.4, 0.5) is 35.1 Å². The lowest BCUT2D eigenvalue weighted by Gasteiger charge is -2.30. The summed E-state index contributed by atoms with van der Waals surface area (Å²) in [6.45, 7) is 2.67. The molecule has 0 bridgehead atoms. The van der Waals surface area contributed by atoms with E-state index < -0.39 is 58.6 Å². The van der Waals surface area contributed by atoms with Crippen LogP contribution in [0.2, 0.25) is 0 Å². The smallest absolute Gasteiger partial charge is 0.429 e. The molecule has 5 rings (SSSR count). The van der Waals surface area contributed by atoms with Gasteiger partial charge in [-0.05, 0) is 60.0 Å². The third kappa shape index (κ3) is 7.31. The molecule has 0 N–H and O–H groups in total. The largest absolute Gasteiger partial charge is 0.432 e. The van der Waals surface area contributed by atoms with Crippen molar-refractivity contribution in [1.29, 1.82) is 0 Å². The number of halogens is 8. The Bertz CT molecular complexity index is 1640. The summed E-state index contributed by atoms with van der Waals surface area (Å²) in [7, 11) is 0. The van der Waals surface area contributed by atoms with E-state index in [9.17, 15) is 26.3 Å². The molecule has 0 spiro atoms. The molecular weight excluding hydrogens is 608 g/mol. The number of hydrogen-bond donors (Lipinski definition) is 0. The zero-order valence-electron chi connectivity index (χ0n) is 24.0. The lowest BCUT2D eigenvalue weighted by atomic mass is 9.99. The number of unbranched alkanes of at least 4 members (excludes halogenated alkanes) is 2. The van der Waals surface area contributed by atoms with E-state index in [1.54, 1.807) is 0 Å². The average Bonchev–Trinajstić information content (AvgIpc) is 2.98. The topological polar surface area (TPSA) is 27.7 Å². The summed E-state index contributed by atoms with van der Waals surface area (Å²) in [4.78, 5) is 0. The SMILES string of the molecule is CCCCCC1COC(c2cc(F)c(C(F)(F)Oc3ccc(-c4ccc(-c5ccc(F)c(F)c5)c(F)c4)c(F)c3)c(F)c2)OC1. The van der Waals surface area contributed by atoms with Crippen molar-refractivity contribution >= 4 is 0 Å². The van der Waals surface area contributed by atoms with Gasteiger partial charge in [0.05, 0.1) is 13.2 Å². The molecule has 0 radical (unpaired) electrons. The number of alkyl halides is 2. The van der Waals surface area contributed by atoms with E-state index in [0.29, 0.717) is 31.4 Å². The molecule has 0 amide bonds. The minimum Gasteiger partial charge on any atom is -0.429 e. The Balaban J connectivity index is 1.29. The number of benzene rings is 4. The van der Waals surface area contributed by atoms with Gasteiger partial charge in [0.15, 0.2) is 17.9 Å². The second-order valence-electron chi connectivity index (χ2n) is 10.8. The Morgan fingerprint density at radius 2 is 1.24 bits per heavy atom. The molecule has 1 heterocycles. The Kier molecular flexibility index (Phi) is 9.79. The van der Waals surface area contributed by atoms with Crippen LogP contribution in [-0.2, 0) is 15.6 Å². The summed E-state index contributed by atoms with van der Waals surface area (Å²) in [5.74, 6) is -8.12. The number of hydrogen-bond acceptors (Lipinski definition) is 3. The van der Waals surface area contributed by atoms with Crippen LogP contribution in [0.5, 0.6) is 5.75 Å². The molecule has 1 saturated heterocycles. The fourth-order valence-electron chi connectivity index (χ4n) is 5.17. The predicted octanol–water partition coefficient (Wildman–Crippen LogP) is 10.2. The average molecular weight is 637 g/mol. The van der Waals surface area contributed by atoms with Crippen LogP contribution < -0.4 is 4.74 Å². The molecule has 0 atom stereocenters. The molecule has 3 nitrogen and oxygen atoms in total. The zero-order valence-corrected chi connectivity index (χ0v) is 24.0. The normalized spacial score (nSPS) is 17.0. The summed E-state index contributed by atoms with van der Waals surface area (Å²) < 4.78 is 132. The van der Waals surface area contributed by atoms with Gasteiger partial charge in [0.2, 0.25) is 0 Å². The Labute approximate surface area is 254 Å². The first-order chi connectivity index (χ1) is 21.5. The molecule has 11 heteroatoms. The van der Waals surface area contributed by atoms with Crippen LogP contribution in [0.1, 0.15) is 50.0 Å². The minimum atomic E-state index is -4.54. The molecule has 0 aliphatic carbocycles. The van der Waals surface area contributed by atoms with E-state index >= 15 is 8.78 Å². The highest BCUT2D eigenvalue weighted by Gasteiger charge is 2.42. The highest BCUT2D eigenvalue weighted by atomic mass is 19.3. The molecule has 0 aromatic heterocycles. The second kappa shape index (κ2) is 13.6. The first-order valence-electron chi connectivity index (χ1n) is 14.3. The maximum absolute atomic E-state index is 15.0. The Morgan fingerprint density at radius 1 is 0.667 bits per heavy atom. The summed E-state index contributed by atoms with van der Waals surface area (Å²) in [5.41, 5.74) is -2.04. The Morgan fingerprint density at radius 3 is 1.82 bits per heavy atom. The minimum absolute atomic E-state index is 0.00162. The molecule has 1 aliphatic heterocycles. The van der Waals surface area contributed by atoms with Gasteiger partial charge >= 0.3 is 6.11 Å². The van der Waals surface area contributed by atoms with E-state index in [-0.39, 0.29) is 33.7 Å². The van der Waals surface area contributed by atoms with Crippen molar-refractivity contribution in [2.24, 2.45) is 5.92 Å². The van der Waals surface area contributed by atoms with Crippen LogP contribution in [0.15, 0.2) is 66.7 Å². The van der Waals surface area contributed by atoms with Crippen LogP contribution in [0, 0.1) is 40.8 Å². The van der Waals surface area contributed by atoms with Gasteiger partial charge in [-0.25, -0.2) is 26.3 Å². The van der Waals surface area contributed by atoms with Crippen molar-refractivity contribution in [3.8, 4) is 28.0 Å². The zero-order chi connectivity index (χ0) is 32.3. The maximum atomic E-state index is 15.0. The highest BCUT2D eigenvalue weighted by Crippen LogP contribution is 2.39. The van der Waals surface area contributed by atoms with E-state index in [0.717, 1.165) is 56.0 Å². The molecule has 0 saturated carbocycles. The van der Waals surface area contributed by atoms with Crippen molar-refractivity contribution < 1.29 is 49.3 Å². The lowest BCUT2D eigenvalue weighted by molar-refractivity contribution is -0.206. The molecule has 4 aromatic carbocycles. The molecule has 1 fully saturated rings. The number of ether oxygens (including phenoxy) is 3. The fraction of sp³-hybridized carbons (Fsp3) is 0.294. The summed E-state index contributed by atoms with van der Waals surface area (Å²) in [6.07, 6.45) is -1.70. The molecule has 0 unspecified atom stereocenters. The first-order valence-corrected chi connectivity index (χ1v) is 14.3. The monoisotopic (exact) mass is 636 g/mol. The van der Waals surface area contributed by atoms with Gasteiger partial charge in [0.25, 0.3) is 0 Å². The van der Waals surface area contributed by atoms with Crippen LogP contribution >= 0.6 is 0 Å². The predicted molar refractivity (Wildman–Crippen MR) is 150 cm³/mol. The van der Waals surface area contributed by atoms with Crippen LogP contribution in [-0.4, -0.2) is 13.2 Å². The summed E-state index contributed by atoms with van der Waals surface area (Å²) >= 11 is 0. The standard InChI is InChI=1S/C34H28F8O3/c1-2-3-4-5-19-17-43-33(44-18-19)22-14-30(39)32(31(40)15-22)34(41,42)45-23-8-10-25(28(37)16-23)20-6-9-24(27(36)12-20)21-7-11-26(35)29(38)13-21/h6-16,19,33H,2-5,17-18H2,1H3. The lowest BCUT2D eigenvalue weighted by Crippen LogP contribution is -2.28. The van der Waals surface area contributed by atoms with Gasteiger partial charge < -0.3 is 14.2 Å². The van der Waals surface area contributed by atoms with Crippen molar-refractivity contribution in [1.82, 2.24) is 0 Å². The molecule has 4 aromatic rings. The van der Waals surface area contributed by atoms with Crippen LogP contribution in [0.25, 0.3) is 22.3 Å². The quantitative estimate of drug-likeness (QED) is 0.128.